The van der Waals surface area contributed by atoms with Crippen LogP contribution in [-0.4, -0.2) is 30.2 Å². The van der Waals surface area contributed by atoms with Gasteiger partial charge < -0.3 is 4.48 Å². The van der Waals surface area contributed by atoms with Gasteiger partial charge in [-0.1, -0.05) is 53.4 Å². The van der Waals surface area contributed by atoms with Crippen molar-refractivity contribution in [3.63, 3.8) is 0 Å². The molecule has 132 valence electrons. The molecule has 0 saturated carbocycles. The summed E-state index contributed by atoms with van der Waals surface area (Å²) in [7, 11) is 0. The summed E-state index contributed by atoms with van der Waals surface area (Å²) in [6.07, 6.45) is 9.07. The van der Waals surface area contributed by atoms with Gasteiger partial charge in [-0.25, -0.2) is 0 Å². The Kier molecular flexibility index (Phi) is 10.9. The van der Waals surface area contributed by atoms with Crippen molar-refractivity contribution in [1.29, 1.82) is 10.5 Å². The van der Waals surface area contributed by atoms with E-state index in [1.807, 2.05) is 6.92 Å². The van der Waals surface area contributed by atoms with Gasteiger partial charge in [0.15, 0.2) is 5.41 Å². The largest absolute Gasteiger partial charge is 0.319 e. The molecule has 0 bridgehead atoms. The van der Waals surface area contributed by atoms with Gasteiger partial charge in [0.05, 0.1) is 31.8 Å². The fourth-order valence-corrected chi connectivity index (χ4v) is 3.78. The number of quaternary nitrogens is 1. The highest BCUT2D eigenvalue weighted by molar-refractivity contribution is 5.15. The fourth-order valence-electron chi connectivity index (χ4n) is 3.78. The summed E-state index contributed by atoms with van der Waals surface area (Å²) in [5.74, 6) is 0. The number of hydrogen-bond acceptors (Lipinski definition) is 2. The molecule has 0 rings (SSSR count). The first-order valence-corrected chi connectivity index (χ1v) is 9.68. The molecule has 1 unspecified atom stereocenters. The smallest absolute Gasteiger partial charge is 0.192 e. The number of unbranched alkanes of at least 4 members (excludes halogenated alkanes) is 3. The Bertz CT molecular complexity index is 353. The molecule has 0 spiro atoms. The zero-order valence-electron chi connectivity index (χ0n) is 16.2. The highest BCUT2D eigenvalue weighted by Gasteiger charge is 2.48. The molecule has 3 heteroatoms. The lowest BCUT2D eigenvalue weighted by Gasteiger charge is -2.48. The minimum atomic E-state index is -0.884. The topological polar surface area (TPSA) is 47.6 Å². The summed E-state index contributed by atoms with van der Waals surface area (Å²) < 4.78 is 0.973. The van der Waals surface area contributed by atoms with Gasteiger partial charge in [0.25, 0.3) is 0 Å². The summed E-state index contributed by atoms with van der Waals surface area (Å²) >= 11 is 0. The van der Waals surface area contributed by atoms with Crippen molar-refractivity contribution in [3.8, 4) is 12.1 Å². The number of nitrogens with zero attached hydrogens (tertiary/aromatic N) is 3. The zero-order valence-corrected chi connectivity index (χ0v) is 16.2. The second-order valence-electron chi connectivity index (χ2n) is 7.18. The van der Waals surface area contributed by atoms with Gasteiger partial charge in [-0.05, 0) is 26.2 Å². The van der Waals surface area contributed by atoms with E-state index < -0.39 is 5.41 Å². The van der Waals surface area contributed by atoms with Crippen molar-refractivity contribution >= 4 is 0 Å². The monoisotopic (exact) mass is 320 g/mol. The molecule has 0 heterocycles. The molecule has 0 aromatic heterocycles. The van der Waals surface area contributed by atoms with Crippen molar-refractivity contribution in [2.24, 2.45) is 5.41 Å². The second kappa shape index (κ2) is 11.5. The Labute approximate surface area is 144 Å². The van der Waals surface area contributed by atoms with Gasteiger partial charge in [0.1, 0.15) is 6.04 Å². The molecule has 0 saturated heterocycles. The molecule has 0 aromatic carbocycles. The Hall–Kier alpha value is -1.06. The lowest BCUT2D eigenvalue weighted by molar-refractivity contribution is -0.957. The van der Waals surface area contributed by atoms with E-state index in [9.17, 15) is 10.5 Å². The van der Waals surface area contributed by atoms with Crippen LogP contribution in [0.4, 0.5) is 0 Å². The van der Waals surface area contributed by atoms with Gasteiger partial charge in [0, 0.05) is 6.42 Å². The maximum atomic E-state index is 9.74. The maximum absolute atomic E-state index is 9.74. The van der Waals surface area contributed by atoms with Crippen molar-refractivity contribution in [2.75, 3.05) is 19.6 Å². The van der Waals surface area contributed by atoms with Gasteiger partial charge in [-0.2, -0.15) is 10.5 Å². The minimum absolute atomic E-state index is 0.132. The molecule has 23 heavy (non-hydrogen) atoms. The van der Waals surface area contributed by atoms with Crippen LogP contribution < -0.4 is 0 Å². The summed E-state index contributed by atoms with van der Waals surface area (Å²) in [4.78, 5) is 0. The Morgan fingerprint density at radius 3 is 1.43 bits per heavy atom. The van der Waals surface area contributed by atoms with Crippen LogP contribution in [0.1, 0.15) is 86.0 Å². The van der Waals surface area contributed by atoms with Crippen LogP contribution in [-0.2, 0) is 0 Å². The molecule has 0 aliphatic heterocycles. The summed E-state index contributed by atoms with van der Waals surface area (Å²) in [6, 6.07) is 4.87. The fraction of sp³-hybridized carbons (Fsp3) is 0.900. The molecule has 0 aliphatic rings. The average molecular weight is 321 g/mol. The first-order chi connectivity index (χ1) is 11.0. The van der Waals surface area contributed by atoms with E-state index in [1.165, 1.54) is 38.5 Å². The SMILES string of the molecule is CCCC[N+](CCCC)(CCCC)C(CCC)C(C)(C#N)C#N. The van der Waals surface area contributed by atoms with Crippen molar-refractivity contribution < 1.29 is 4.48 Å². The normalized spacial score (nSPS) is 13.3. The van der Waals surface area contributed by atoms with Crippen LogP contribution in [0.2, 0.25) is 0 Å². The Morgan fingerprint density at radius 2 is 1.17 bits per heavy atom. The van der Waals surface area contributed by atoms with Crippen molar-refractivity contribution in [2.45, 2.75) is 92.0 Å². The van der Waals surface area contributed by atoms with Gasteiger partial charge >= 0.3 is 0 Å². The van der Waals surface area contributed by atoms with E-state index in [0.29, 0.717) is 0 Å². The third kappa shape index (κ3) is 6.15. The predicted molar refractivity (Wildman–Crippen MR) is 97.6 cm³/mol. The molecule has 0 aliphatic carbocycles. The third-order valence-electron chi connectivity index (χ3n) is 5.23. The first kappa shape index (κ1) is 21.9. The van der Waals surface area contributed by atoms with Crippen LogP contribution in [0.15, 0.2) is 0 Å². The van der Waals surface area contributed by atoms with Crippen LogP contribution in [0.3, 0.4) is 0 Å². The molecular formula is C20H38N3+. The lowest BCUT2D eigenvalue weighted by Crippen LogP contribution is -2.62. The molecule has 3 nitrogen and oxygen atoms in total. The van der Waals surface area contributed by atoms with Gasteiger partial charge in [-0.3, -0.25) is 0 Å². The number of nitriles is 2. The predicted octanol–water partition coefficient (Wildman–Crippen LogP) is 5.43. The lowest BCUT2D eigenvalue weighted by atomic mass is 9.79. The van der Waals surface area contributed by atoms with E-state index in [1.54, 1.807) is 0 Å². The van der Waals surface area contributed by atoms with E-state index in [4.69, 9.17) is 0 Å². The highest BCUT2D eigenvalue weighted by atomic mass is 15.4. The van der Waals surface area contributed by atoms with Crippen LogP contribution in [0, 0.1) is 28.1 Å². The van der Waals surface area contributed by atoms with E-state index in [2.05, 4.69) is 39.8 Å². The zero-order chi connectivity index (χ0) is 17.8. The molecule has 0 radical (unpaired) electrons. The molecule has 0 aromatic rings. The van der Waals surface area contributed by atoms with Crippen LogP contribution in [0.25, 0.3) is 0 Å². The molecule has 0 amide bonds. The van der Waals surface area contributed by atoms with Gasteiger partial charge in [0.2, 0.25) is 0 Å². The van der Waals surface area contributed by atoms with Crippen molar-refractivity contribution in [1.82, 2.24) is 0 Å². The average Bonchev–Trinajstić information content (AvgIpc) is 2.59. The Morgan fingerprint density at radius 1 is 0.783 bits per heavy atom. The summed E-state index contributed by atoms with van der Waals surface area (Å²) in [6.45, 7) is 14.1. The molecule has 0 fully saturated rings. The second-order valence-corrected chi connectivity index (χ2v) is 7.18. The van der Waals surface area contributed by atoms with Crippen molar-refractivity contribution in [3.05, 3.63) is 0 Å². The van der Waals surface area contributed by atoms with Crippen LogP contribution >= 0.6 is 0 Å². The highest BCUT2D eigenvalue weighted by Crippen LogP contribution is 2.35. The summed E-state index contributed by atoms with van der Waals surface area (Å²) in [5, 5.41) is 19.5. The van der Waals surface area contributed by atoms with Gasteiger partial charge in [-0.15, -0.1) is 0 Å². The third-order valence-corrected chi connectivity index (χ3v) is 5.23. The molecule has 1 atom stereocenters. The summed E-state index contributed by atoms with van der Waals surface area (Å²) in [5.41, 5.74) is -0.884. The maximum Gasteiger partial charge on any atom is 0.192 e. The Balaban J connectivity index is 5.83. The number of rotatable bonds is 13. The van der Waals surface area contributed by atoms with E-state index in [0.717, 1.165) is 37.0 Å². The molecular weight excluding hydrogens is 282 g/mol. The molecule has 0 N–H and O–H groups in total. The number of hydrogen-bond donors (Lipinski definition) is 0. The van der Waals surface area contributed by atoms with E-state index >= 15 is 0 Å². The van der Waals surface area contributed by atoms with E-state index in [-0.39, 0.29) is 6.04 Å². The standard InChI is InChI=1S/C20H38N3/c1-6-10-14-23(15-11-7-2,16-12-8-3)19(13-9-4)20(5,17-21)18-22/h19H,6-16H2,1-5H3/q+1. The van der Waals surface area contributed by atoms with Crippen LogP contribution in [0.5, 0.6) is 0 Å². The minimum Gasteiger partial charge on any atom is -0.319 e. The quantitative estimate of drug-likeness (QED) is 0.425. The first-order valence-electron chi connectivity index (χ1n) is 9.68.